The van der Waals surface area contributed by atoms with E-state index in [9.17, 15) is 29.4 Å². The number of carboxylic acids is 1. The first-order chi connectivity index (χ1) is 15.9. The predicted molar refractivity (Wildman–Crippen MR) is 124 cm³/mol. The Morgan fingerprint density at radius 2 is 1.21 bits per heavy atom. The molecule has 0 aromatic carbocycles. The van der Waals surface area contributed by atoms with Crippen molar-refractivity contribution in [1.82, 2.24) is 19.6 Å². The van der Waals surface area contributed by atoms with Crippen LogP contribution in [0, 0.1) is 0 Å². The first kappa shape index (κ1) is 29.3. The number of aliphatic carboxylic acids is 1. The molecule has 0 spiro atoms. The molecule has 1 fully saturated rings. The van der Waals surface area contributed by atoms with Gasteiger partial charge in [0.15, 0.2) is 0 Å². The van der Waals surface area contributed by atoms with Crippen molar-refractivity contribution in [2.75, 3.05) is 58.9 Å². The van der Waals surface area contributed by atoms with E-state index in [1.165, 1.54) is 9.80 Å². The minimum Gasteiger partial charge on any atom is -0.481 e. The smallest absolute Gasteiger partial charge is 0.410 e. The van der Waals surface area contributed by atoms with Gasteiger partial charge in [0, 0.05) is 52.2 Å². The molecule has 0 aromatic rings. The number of carbonyl (C=O) groups excluding carboxylic acids is 1. The molecule has 0 saturated carbocycles. The molecule has 12 heteroatoms. The van der Waals surface area contributed by atoms with Gasteiger partial charge in [0.05, 0.1) is 0 Å². The Kier molecular flexibility index (Phi) is 12.5. The number of hydrogen-bond donors (Lipinski definition) is 3. The van der Waals surface area contributed by atoms with Gasteiger partial charge in [-0.3, -0.25) is 4.79 Å². The molecule has 1 heterocycles. The Balaban J connectivity index is 2.94. The zero-order chi connectivity index (χ0) is 25.7. The summed E-state index contributed by atoms with van der Waals surface area (Å²) < 4.78 is 5.52. The van der Waals surface area contributed by atoms with Crippen molar-refractivity contribution in [1.29, 1.82) is 0 Å². The van der Waals surface area contributed by atoms with Gasteiger partial charge in [-0.2, -0.15) is 0 Å². The molecule has 0 bridgehead atoms. The molecular formula is C22H40N4O8. The van der Waals surface area contributed by atoms with Crippen LogP contribution in [0.25, 0.3) is 0 Å². The van der Waals surface area contributed by atoms with E-state index in [2.05, 4.69) is 4.90 Å². The molecule has 0 radical (unpaired) electrons. The Morgan fingerprint density at radius 1 is 0.706 bits per heavy atom. The highest BCUT2D eigenvalue weighted by atomic mass is 16.6. The molecule has 34 heavy (non-hydrogen) atoms. The van der Waals surface area contributed by atoms with Gasteiger partial charge in [0.2, 0.25) is 0 Å². The lowest BCUT2D eigenvalue weighted by Crippen LogP contribution is -2.45. The number of rotatable bonds is 5. The Bertz CT molecular complexity index is 682. The van der Waals surface area contributed by atoms with Crippen molar-refractivity contribution < 1.29 is 39.2 Å². The summed E-state index contributed by atoms with van der Waals surface area (Å²) in [4.78, 5) is 52.8. The van der Waals surface area contributed by atoms with Crippen LogP contribution < -0.4 is 0 Å². The largest absolute Gasteiger partial charge is 0.481 e. The highest BCUT2D eigenvalue weighted by molar-refractivity contribution is 5.68. The lowest BCUT2D eigenvalue weighted by Gasteiger charge is -2.32. The summed E-state index contributed by atoms with van der Waals surface area (Å²) in [6.45, 7) is 8.27. The van der Waals surface area contributed by atoms with Gasteiger partial charge >= 0.3 is 24.2 Å². The molecule has 0 unspecified atom stereocenters. The van der Waals surface area contributed by atoms with Gasteiger partial charge in [-0.25, -0.2) is 14.4 Å². The monoisotopic (exact) mass is 488 g/mol. The Labute approximate surface area is 201 Å². The molecule has 1 aliphatic rings. The van der Waals surface area contributed by atoms with E-state index in [-0.39, 0.29) is 32.6 Å². The average Bonchev–Trinajstić information content (AvgIpc) is 2.70. The van der Waals surface area contributed by atoms with Gasteiger partial charge in [-0.15, -0.1) is 0 Å². The summed E-state index contributed by atoms with van der Waals surface area (Å²) in [7, 11) is 0. The molecule has 0 aromatic heterocycles. The van der Waals surface area contributed by atoms with Crippen LogP contribution in [0.1, 0.15) is 52.9 Å². The Hall–Kier alpha value is -2.76. The lowest BCUT2D eigenvalue weighted by atomic mass is 10.2. The van der Waals surface area contributed by atoms with Crippen LogP contribution in [0.4, 0.5) is 14.4 Å². The molecule has 12 nitrogen and oxygen atoms in total. The predicted octanol–water partition coefficient (Wildman–Crippen LogP) is 2.53. The third-order valence-corrected chi connectivity index (χ3v) is 5.39. The second kappa shape index (κ2) is 14.5. The first-order valence-electron chi connectivity index (χ1n) is 11.8. The minimum atomic E-state index is -1.13. The molecule has 196 valence electrons. The standard InChI is InChI=1S/C22H40N4O8/c1-22(2,3)34-21(33)26-13-7-12-25(20(31)32)17-16-24(19(29)30)11-6-10-23(14-15-26)9-5-4-8-18(27)28/h4-17H2,1-3H3,(H,27,28)(H,29,30)(H,31,32). The van der Waals surface area contributed by atoms with E-state index in [0.717, 1.165) is 0 Å². The second-order valence-corrected chi connectivity index (χ2v) is 9.41. The lowest BCUT2D eigenvalue weighted by molar-refractivity contribution is -0.137. The van der Waals surface area contributed by atoms with E-state index in [0.29, 0.717) is 58.4 Å². The highest BCUT2D eigenvalue weighted by Gasteiger charge is 2.24. The van der Waals surface area contributed by atoms with E-state index in [4.69, 9.17) is 9.84 Å². The maximum Gasteiger partial charge on any atom is 0.410 e. The number of nitrogens with zero attached hydrogens (tertiary/aromatic N) is 4. The molecular weight excluding hydrogens is 448 g/mol. The summed E-state index contributed by atoms with van der Waals surface area (Å²) in [5.74, 6) is -0.843. The first-order valence-corrected chi connectivity index (χ1v) is 11.8. The fraction of sp³-hybridized carbons (Fsp3) is 0.818. The second-order valence-electron chi connectivity index (χ2n) is 9.41. The van der Waals surface area contributed by atoms with Crippen molar-refractivity contribution in [2.45, 2.75) is 58.5 Å². The maximum atomic E-state index is 12.7. The summed E-state index contributed by atoms with van der Waals surface area (Å²) in [6, 6.07) is 0. The zero-order valence-corrected chi connectivity index (χ0v) is 20.6. The van der Waals surface area contributed by atoms with Crippen molar-refractivity contribution >= 4 is 24.2 Å². The topological polar surface area (TPSA) is 151 Å². The quantitative estimate of drug-likeness (QED) is 0.496. The van der Waals surface area contributed by atoms with Crippen molar-refractivity contribution in [2.24, 2.45) is 0 Å². The third kappa shape index (κ3) is 12.5. The molecule has 1 rings (SSSR count). The van der Waals surface area contributed by atoms with Crippen molar-refractivity contribution in [3.8, 4) is 0 Å². The van der Waals surface area contributed by atoms with Crippen molar-refractivity contribution in [3.05, 3.63) is 0 Å². The molecule has 3 amide bonds. The third-order valence-electron chi connectivity index (χ3n) is 5.39. The van der Waals surface area contributed by atoms with Crippen LogP contribution in [-0.2, 0) is 9.53 Å². The van der Waals surface area contributed by atoms with Crippen LogP contribution in [-0.4, -0.2) is 124 Å². The molecule has 0 atom stereocenters. The number of carbonyl (C=O) groups is 4. The van der Waals surface area contributed by atoms with Crippen LogP contribution in [0.5, 0.6) is 0 Å². The summed E-state index contributed by atoms with van der Waals surface area (Å²) >= 11 is 0. The van der Waals surface area contributed by atoms with Gasteiger partial charge in [0.25, 0.3) is 0 Å². The van der Waals surface area contributed by atoms with E-state index >= 15 is 0 Å². The molecule has 0 aliphatic carbocycles. The fourth-order valence-corrected chi connectivity index (χ4v) is 3.62. The van der Waals surface area contributed by atoms with Crippen LogP contribution in [0.2, 0.25) is 0 Å². The zero-order valence-electron chi connectivity index (χ0n) is 20.6. The Morgan fingerprint density at radius 3 is 1.71 bits per heavy atom. The molecule has 1 aliphatic heterocycles. The number of unbranched alkanes of at least 4 members (excludes halogenated alkanes) is 1. The van der Waals surface area contributed by atoms with E-state index in [1.807, 2.05) is 0 Å². The van der Waals surface area contributed by atoms with Crippen LogP contribution in [0.15, 0.2) is 0 Å². The van der Waals surface area contributed by atoms with Gasteiger partial charge in [-0.1, -0.05) is 0 Å². The summed E-state index contributed by atoms with van der Waals surface area (Å²) in [6.07, 6.45) is -0.477. The summed E-state index contributed by atoms with van der Waals surface area (Å²) in [5.41, 5.74) is -0.667. The van der Waals surface area contributed by atoms with Gasteiger partial charge < -0.3 is 39.7 Å². The van der Waals surface area contributed by atoms with Gasteiger partial charge in [0.1, 0.15) is 5.60 Å². The summed E-state index contributed by atoms with van der Waals surface area (Å²) in [5, 5.41) is 27.8. The minimum absolute atomic E-state index is 0.0486. The number of amides is 3. The SMILES string of the molecule is CC(C)(C)OC(=O)N1CCCN(C(=O)O)CCN(C(=O)O)CCCN(CCCCC(=O)O)CC1. The number of ether oxygens (including phenoxy) is 1. The molecule has 3 N–H and O–H groups in total. The average molecular weight is 489 g/mol. The van der Waals surface area contributed by atoms with Crippen molar-refractivity contribution in [3.63, 3.8) is 0 Å². The molecule has 1 saturated heterocycles. The number of carboxylic acid groups (broad SMARTS) is 3. The van der Waals surface area contributed by atoms with Crippen LogP contribution >= 0.6 is 0 Å². The van der Waals surface area contributed by atoms with Crippen LogP contribution in [0.3, 0.4) is 0 Å². The highest BCUT2D eigenvalue weighted by Crippen LogP contribution is 2.12. The van der Waals surface area contributed by atoms with E-state index < -0.39 is 29.9 Å². The van der Waals surface area contributed by atoms with E-state index in [1.54, 1.807) is 25.7 Å². The van der Waals surface area contributed by atoms with Gasteiger partial charge in [-0.05, 0) is 59.5 Å². The number of hydrogen-bond acceptors (Lipinski definition) is 6. The normalized spacial score (nSPS) is 17.7. The maximum absolute atomic E-state index is 12.7. The fourth-order valence-electron chi connectivity index (χ4n) is 3.62.